The SMILES string of the molecule is COc1ccc(C(O)=C2C(=O)C(=O)N(Cc3ccncc3)[C@@H]2c2cccc(Oc3ccccc3)c2)cc1F. The summed E-state index contributed by atoms with van der Waals surface area (Å²) < 4.78 is 25.4. The first-order valence-corrected chi connectivity index (χ1v) is 11.8. The second-order valence-electron chi connectivity index (χ2n) is 8.62. The summed E-state index contributed by atoms with van der Waals surface area (Å²) in [5.74, 6) is -1.76. The zero-order chi connectivity index (χ0) is 26.6. The minimum atomic E-state index is -0.951. The van der Waals surface area contributed by atoms with Crippen LogP contribution in [0.15, 0.2) is 103 Å². The second kappa shape index (κ2) is 10.6. The largest absolute Gasteiger partial charge is 0.507 e. The molecule has 3 aromatic carbocycles. The molecule has 7 nitrogen and oxygen atoms in total. The predicted molar refractivity (Wildman–Crippen MR) is 138 cm³/mol. The normalized spacial score (nSPS) is 16.5. The van der Waals surface area contributed by atoms with Crippen LogP contribution in [0.1, 0.15) is 22.7 Å². The third kappa shape index (κ3) is 4.84. The van der Waals surface area contributed by atoms with Gasteiger partial charge in [0.15, 0.2) is 11.6 Å². The van der Waals surface area contributed by atoms with E-state index in [4.69, 9.17) is 9.47 Å². The molecule has 8 heteroatoms. The number of rotatable bonds is 7. The number of carbonyl (C=O) groups is 2. The number of pyridine rings is 1. The van der Waals surface area contributed by atoms with E-state index in [1.807, 2.05) is 18.2 Å². The molecule has 1 fully saturated rings. The van der Waals surface area contributed by atoms with Crippen LogP contribution in [0.4, 0.5) is 4.39 Å². The third-order valence-corrected chi connectivity index (χ3v) is 6.22. The first-order chi connectivity index (χ1) is 18.5. The van der Waals surface area contributed by atoms with Crippen LogP contribution >= 0.6 is 0 Å². The number of para-hydroxylation sites is 1. The number of nitrogens with zero attached hydrogens (tertiary/aromatic N) is 2. The van der Waals surface area contributed by atoms with Crippen molar-refractivity contribution in [3.05, 3.63) is 125 Å². The van der Waals surface area contributed by atoms with Crippen LogP contribution in [-0.2, 0) is 16.1 Å². The van der Waals surface area contributed by atoms with Crippen LogP contribution in [-0.4, -0.2) is 33.8 Å². The third-order valence-electron chi connectivity index (χ3n) is 6.22. The van der Waals surface area contributed by atoms with Crippen LogP contribution in [0, 0.1) is 5.82 Å². The molecule has 1 N–H and O–H groups in total. The standard InChI is InChI=1S/C30H23FN2O5/c1-37-25-11-10-21(17-24(25)31)28(34)26-27(33(30(36)29(26)35)18-19-12-14-32-15-13-19)20-6-5-9-23(16-20)38-22-7-3-2-4-8-22/h2-17,27,34H,18H2,1H3/t27-/m1/s1. The summed E-state index contributed by atoms with van der Waals surface area (Å²) in [7, 11) is 1.33. The van der Waals surface area contributed by atoms with E-state index in [-0.39, 0.29) is 23.4 Å². The van der Waals surface area contributed by atoms with Gasteiger partial charge in [-0.3, -0.25) is 14.6 Å². The van der Waals surface area contributed by atoms with E-state index in [9.17, 15) is 19.1 Å². The molecule has 2 heterocycles. The van der Waals surface area contributed by atoms with Gasteiger partial charge in [-0.15, -0.1) is 0 Å². The molecule has 1 aliphatic heterocycles. The second-order valence-corrected chi connectivity index (χ2v) is 8.62. The number of hydrogen-bond donors (Lipinski definition) is 1. The molecular formula is C30H23FN2O5. The van der Waals surface area contributed by atoms with E-state index in [1.165, 1.54) is 24.1 Å². The molecule has 190 valence electrons. The number of Topliss-reactive ketones (excluding diaryl/α,β-unsaturated/α-hetero) is 1. The lowest BCUT2D eigenvalue weighted by Gasteiger charge is -2.25. The van der Waals surface area contributed by atoms with Gasteiger partial charge < -0.3 is 19.5 Å². The van der Waals surface area contributed by atoms with Crippen molar-refractivity contribution in [3.8, 4) is 17.2 Å². The Morgan fingerprint density at radius 2 is 1.68 bits per heavy atom. The number of likely N-dealkylation sites (tertiary alicyclic amines) is 1. The highest BCUT2D eigenvalue weighted by molar-refractivity contribution is 6.46. The topological polar surface area (TPSA) is 89.0 Å². The molecule has 0 unspecified atom stereocenters. The van der Waals surface area contributed by atoms with Crippen molar-refractivity contribution >= 4 is 17.4 Å². The van der Waals surface area contributed by atoms with Gasteiger partial charge in [-0.1, -0.05) is 30.3 Å². The lowest BCUT2D eigenvalue weighted by atomic mass is 9.95. The van der Waals surface area contributed by atoms with Gasteiger partial charge in [-0.2, -0.15) is 0 Å². The Labute approximate surface area is 218 Å². The molecule has 1 aromatic heterocycles. The quantitative estimate of drug-likeness (QED) is 0.197. The minimum absolute atomic E-state index is 0.0120. The Morgan fingerprint density at radius 1 is 0.947 bits per heavy atom. The number of aliphatic hydroxyl groups is 1. The first kappa shape index (κ1) is 24.7. The van der Waals surface area contributed by atoms with Crippen LogP contribution in [0.3, 0.4) is 0 Å². The monoisotopic (exact) mass is 510 g/mol. The van der Waals surface area contributed by atoms with Crippen LogP contribution in [0.25, 0.3) is 5.76 Å². The van der Waals surface area contributed by atoms with Crippen LogP contribution in [0.5, 0.6) is 17.2 Å². The Bertz CT molecular complexity index is 1520. The maximum absolute atomic E-state index is 14.5. The highest BCUT2D eigenvalue weighted by Crippen LogP contribution is 2.41. The zero-order valence-electron chi connectivity index (χ0n) is 20.4. The van der Waals surface area contributed by atoms with E-state index in [0.717, 1.165) is 11.6 Å². The van der Waals surface area contributed by atoms with Gasteiger partial charge in [-0.25, -0.2) is 4.39 Å². The number of hydrogen-bond acceptors (Lipinski definition) is 6. The molecule has 1 atom stereocenters. The molecule has 0 spiro atoms. The van der Waals surface area contributed by atoms with Gasteiger partial charge in [-0.05, 0) is 65.7 Å². The van der Waals surface area contributed by atoms with E-state index < -0.39 is 29.3 Å². The van der Waals surface area contributed by atoms with E-state index in [1.54, 1.807) is 60.9 Å². The van der Waals surface area contributed by atoms with Crippen molar-refractivity contribution in [2.24, 2.45) is 0 Å². The van der Waals surface area contributed by atoms with Gasteiger partial charge in [0.2, 0.25) is 0 Å². The van der Waals surface area contributed by atoms with Crippen molar-refractivity contribution in [3.63, 3.8) is 0 Å². The summed E-state index contributed by atoms with van der Waals surface area (Å²) in [4.78, 5) is 32.0. The number of benzene rings is 3. The van der Waals surface area contributed by atoms with Crippen molar-refractivity contribution in [1.82, 2.24) is 9.88 Å². The highest BCUT2D eigenvalue weighted by atomic mass is 19.1. The number of carbonyl (C=O) groups excluding carboxylic acids is 2. The Kier molecular flexibility index (Phi) is 6.86. The molecule has 0 saturated carbocycles. The Hall–Kier alpha value is -4.98. The molecule has 1 amide bonds. The van der Waals surface area contributed by atoms with Crippen LogP contribution < -0.4 is 9.47 Å². The van der Waals surface area contributed by atoms with Crippen LogP contribution in [0.2, 0.25) is 0 Å². The fourth-order valence-corrected chi connectivity index (χ4v) is 4.42. The first-order valence-electron chi connectivity index (χ1n) is 11.8. The lowest BCUT2D eigenvalue weighted by molar-refractivity contribution is -0.140. The number of methoxy groups -OCH3 is 1. The van der Waals surface area contributed by atoms with Crippen molar-refractivity contribution < 1.29 is 28.6 Å². The predicted octanol–water partition coefficient (Wildman–Crippen LogP) is 5.64. The van der Waals surface area contributed by atoms with Gasteiger partial charge >= 0.3 is 0 Å². The Morgan fingerprint density at radius 3 is 2.39 bits per heavy atom. The van der Waals surface area contributed by atoms with Gasteiger partial charge in [0, 0.05) is 24.5 Å². The van der Waals surface area contributed by atoms with Crippen molar-refractivity contribution in [2.75, 3.05) is 7.11 Å². The summed E-state index contributed by atoms with van der Waals surface area (Å²) in [5, 5.41) is 11.2. The highest BCUT2D eigenvalue weighted by Gasteiger charge is 2.46. The fraction of sp³-hybridized carbons (Fsp3) is 0.100. The average molecular weight is 511 g/mol. The zero-order valence-corrected chi connectivity index (χ0v) is 20.4. The summed E-state index contributed by atoms with van der Waals surface area (Å²) in [6, 6.07) is 22.5. The van der Waals surface area contributed by atoms with E-state index in [0.29, 0.717) is 17.1 Å². The maximum atomic E-state index is 14.5. The summed E-state index contributed by atoms with van der Waals surface area (Å²) >= 11 is 0. The van der Waals surface area contributed by atoms with Gasteiger partial charge in [0.1, 0.15) is 17.3 Å². The number of amides is 1. The van der Waals surface area contributed by atoms with E-state index >= 15 is 0 Å². The molecule has 0 bridgehead atoms. The number of aliphatic hydroxyl groups excluding tert-OH is 1. The van der Waals surface area contributed by atoms with Gasteiger partial charge in [0.25, 0.3) is 11.7 Å². The molecule has 1 saturated heterocycles. The molecule has 5 rings (SSSR count). The Balaban J connectivity index is 1.62. The lowest BCUT2D eigenvalue weighted by Crippen LogP contribution is -2.29. The number of ether oxygens (including phenoxy) is 2. The molecule has 1 aliphatic rings. The number of ketones is 1. The van der Waals surface area contributed by atoms with E-state index in [2.05, 4.69) is 4.98 Å². The number of aromatic nitrogens is 1. The minimum Gasteiger partial charge on any atom is -0.507 e. The summed E-state index contributed by atoms with van der Waals surface area (Å²) in [6.45, 7) is 0.0925. The summed E-state index contributed by atoms with van der Waals surface area (Å²) in [6.07, 6.45) is 3.19. The smallest absolute Gasteiger partial charge is 0.295 e. The molecule has 4 aromatic rings. The molecule has 38 heavy (non-hydrogen) atoms. The molecule has 0 aliphatic carbocycles. The summed E-state index contributed by atoms with van der Waals surface area (Å²) in [5.41, 5.74) is 1.19. The maximum Gasteiger partial charge on any atom is 0.295 e. The van der Waals surface area contributed by atoms with Gasteiger partial charge in [0.05, 0.1) is 18.7 Å². The number of halogens is 1. The fourth-order valence-electron chi connectivity index (χ4n) is 4.42. The molecule has 0 radical (unpaired) electrons. The van der Waals surface area contributed by atoms with Crippen molar-refractivity contribution in [2.45, 2.75) is 12.6 Å². The average Bonchev–Trinajstić information content (AvgIpc) is 3.19. The van der Waals surface area contributed by atoms with Crippen molar-refractivity contribution in [1.29, 1.82) is 0 Å². The molecular weight excluding hydrogens is 487 g/mol.